The number of rotatable bonds is 2. The predicted molar refractivity (Wildman–Crippen MR) is 67.2 cm³/mol. The Kier molecular flexibility index (Phi) is 3.45. The summed E-state index contributed by atoms with van der Waals surface area (Å²) < 4.78 is 4.87. The molecule has 2 rings (SSSR count). The number of hydrogen-bond acceptors (Lipinski definition) is 2. The summed E-state index contributed by atoms with van der Waals surface area (Å²) in [5.74, 6) is 0.177. The average molecular weight is 283 g/mol. The maximum absolute atomic E-state index is 12.3. The van der Waals surface area contributed by atoms with Crippen LogP contribution in [0.4, 0.5) is 0 Å². The molecule has 2 nitrogen and oxygen atoms in total. The van der Waals surface area contributed by atoms with Gasteiger partial charge in [0.2, 0.25) is 0 Å². The van der Waals surface area contributed by atoms with E-state index in [4.69, 9.17) is 4.74 Å². The van der Waals surface area contributed by atoms with Crippen LogP contribution in [-0.4, -0.2) is 23.3 Å². The van der Waals surface area contributed by atoms with Crippen molar-refractivity contribution >= 4 is 21.7 Å². The van der Waals surface area contributed by atoms with Gasteiger partial charge in [0, 0.05) is 18.8 Å². The second-order valence-corrected chi connectivity index (χ2v) is 5.79. The van der Waals surface area contributed by atoms with Gasteiger partial charge in [-0.25, -0.2) is 0 Å². The summed E-state index contributed by atoms with van der Waals surface area (Å²) in [6.07, 6.45) is 1.50. The van der Waals surface area contributed by atoms with Gasteiger partial charge in [-0.1, -0.05) is 45.8 Å². The highest BCUT2D eigenvalue weighted by molar-refractivity contribution is 9.10. The first-order valence-electron chi connectivity index (χ1n) is 5.50. The molecule has 1 aromatic carbocycles. The molecule has 1 aromatic rings. The van der Waals surface area contributed by atoms with Crippen LogP contribution in [0, 0.1) is 6.92 Å². The van der Waals surface area contributed by atoms with Gasteiger partial charge in [-0.3, -0.25) is 4.79 Å². The van der Waals surface area contributed by atoms with E-state index in [1.54, 1.807) is 0 Å². The molecule has 0 amide bonds. The van der Waals surface area contributed by atoms with E-state index in [0.717, 1.165) is 18.4 Å². The Morgan fingerprint density at radius 1 is 1.25 bits per heavy atom. The molecule has 0 bridgehead atoms. The fraction of sp³-hybridized carbons (Fsp3) is 0.462. The molecule has 0 saturated carbocycles. The first-order chi connectivity index (χ1) is 7.62. The lowest BCUT2D eigenvalue weighted by Crippen LogP contribution is -2.38. The van der Waals surface area contributed by atoms with Gasteiger partial charge >= 0.3 is 0 Å². The third kappa shape index (κ3) is 2.36. The molecule has 1 aliphatic heterocycles. The summed E-state index contributed by atoms with van der Waals surface area (Å²) in [4.78, 5) is 12.3. The number of hydrogen-bond donors (Lipinski definition) is 0. The summed E-state index contributed by atoms with van der Waals surface area (Å²) in [6.45, 7) is 3.33. The molecule has 1 saturated heterocycles. The zero-order valence-corrected chi connectivity index (χ0v) is 10.9. The molecule has 1 fully saturated rings. The zero-order valence-electron chi connectivity index (χ0n) is 9.33. The molecule has 0 radical (unpaired) electrons. The molecule has 0 aliphatic carbocycles. The third-order valence-corrected chi connectivity index (χ3v) is 4.16. The van der Waals surface area contributed by atoms with Crippen LogP contribution in [0.1, 0.15) is 28.8 Å². The van der Waals surface area contributed by atoms with Crippen LogP contribution in [0.15, 0.2) is 24.3 Å². The summed E-state index contributed by atoms with van der Waals surface area (Å²) in [5.41, 5.74) is 1.96. The van der Waals surface area contributed by atoms with Crippen molar-refractivity contribution in [2.75, 3.05) is 13.2 Å². The molecule has 3 heteroatoms. The third-order valence-electron chi connectivity index (χ3n) is 3.01. The second kappa shape index (κ2) is 4.68. The molecule has 86 valence electrons. The van der Waals surface area contributed by atoms with Crippen LogP contribution < -0.4 is 0 Å². The van der Waals surface area contributed by atoms with Gasteiger partial charge in [0.1, 0.15) is 0 Å². The monoisotopic (exact) mass is 282 g/mol. The molecule has 1 aliphatic rings. The van der Waals surface area contributed by atoms with Crippen LogP contribution >= 0.6 is 15.9 Å². The van der Waals surface area contributed by atoms with Crippen molar-refractivity contribution in [1.82, 2.24) is 0 Å². The van der Waals surface area contributed by atoms with Crippen molar-refractivity contribution in [2.24, 2.45) is 0 Å². The smallest absolute Gasteiger partial charge is 0.179 e. The molecular weight excluding hydrogens is 268 g/mol. The Bertz CT molecular complexity index is 377. The fourth-order valence-corrected chi connectivity index (χ4v) is 2.44. The number of ether oxygens (including phenoxy) is 1. The van der Waals surface area contributed by atoms with Gasteiger partial charge in [0.15, 0.2) is 5.78 Å². The topological polar surface area (TPSA) is 26.3 Å². The average Bonchev–Trinajstić information content (AvgIpc) is 2.30. The standard InChI is InChI=1S/C13H15BrO2/c1-10-2-4-11(5-3-10)12(15)13(14)6-8-16-9-7-13/h2-5H,6-9H2,1H3. The molecule has 1 heterocycles. The van der Waals surface area contributed by atoms with E-state index in [9.17, 15) is 4.79 Å². The number of carbonyl (C=O) groups excluding carboxylic acids is 1. The number of aryl methyl sites for hydroxylation is 1. The van der Waals surface area contributed by atoms with Crippen LogP contribution in [0.3, 0.4) is 0 Å². The van der Waals surface area contributed by atoms with Gasteiger partial charge < -0.3 is 4.74 Å². The van der Waals surface area contributed by atoms with E-state index in [1.807, 2.05) is 31.2 Å². The summed E-state index contributed by atoms with van der Waals surface area (Å²) in [5, 5.41) is 0. The van der Waals surface area contributed by atoms with Gasteiger partial charge in [-0.05, 0) is 19.8 Å². The Hall–Kier alpha value is -0.670. The quantitative estimate of drug-likeness (QED) is 0.615. The van der Waals surface area contributed by atoms with Crippen molar-refractivity contribution in [2.45, 2.75) is 24.1 Å². The van der Waals surface area contributed by atoms with Crippen LogP contribution in [0.5, 0.6) is 0 Å². The van der Waals surface area contributed by atoms with Crippen molar-refractivity contribution in [3.8, 4) is 0 Å². The minimum Gasteiger partial charge on any atom is -0.381 e. The van der Waals surface area contributed by atoms with E-state index >= 15 is 0 Å². The molecule has 0 unspecified atom stereocenters. The van der Waals surface area contributed by atoms with Crippen LogP contribution in [0.25, 0.3) is 0 Å². The van der Waals surface area contributed by atoms with Gasteiger partial charge in [0.05, 0.1) is 4.32 Å². The summed E-state index contributed by atoms with van der Waals surface area (Å²) in [7, 11) is 0. The van der Waals surface area contributed by atoms with Gasteiger partial charge in [-0.2, -0.15) is 0 Å². The number of ketones is 1. The molecule has 16 heavy (non-hydrogen) atoms. The number of halogens is 1. The molecular formula is C13H15BrO2. The van der Waals surface area contributed by atoms with E-state index in [1.165, 1.54) is 5.56 Å². The van der Waals surface area contributed by atoms with Gasteiger partial charge in [-0.15, -0.1) is 0 Å². The molecule has 0 N–H and O–H groups in total. The lowest BCUT2D eigenvalue weighted by Gasteiger charge is -2.30. The first kappa shape index (κ1) is 11.8. The number of alkyl halides is 1. The fourth-order valence-electron chi connectivity index (χ4n) is 1.89. The van der Waals surface area contributed by atoms with Crippen LogP contribution in [0.2, 0.25) is 0 Å². The van der Waals surface area contributed by atoms with Crippen molar-refractivity contribution < 1.29 is 9.53 Å². The maximum Gasteiger partial charge on any atom is 0.179 e. The minimum absolute atomic E-state index is 0.177. The summed E-state index contributed by atoms with van der Waals surface area (Å²) >= 11 is 3.59. The first-order valence-corrected chi connectivity index (χ1v) is 6.29. The highest BCUT2D eigenvalue weighted by atomic mass is 79.9. The number of carbonyl (C=O) groups is 1. The maximum atomic E-state index is 12.3. The Balaban J connectivity index is 2.20. The second-order valence-electron chi connectivity index (χ2n) is 4.27. The molecule has 0 spiro atoms. The minimum atomic E-state index is -0.416. The Morgan fingerprint density at radius 2 is 1.81 bits per heavy atom. The number of Topliss-reactive ketones (excluding diaryl/α,β-unsaturated/α-hetero) is 1. The SMILES string of the molecule is Cc1ccc(C(=O)C2(Br)CCOCC2)cc1. The predicted octanol–water partition coefficient (Wildman–Crippen LogP) is 3.12. The van der Waals surface area contributed by atoms with Crippen molar-refractivity contribution in [3.63, 3.8) is 0 Å². The normalized spacial score (nSPS) is 19.4. The largest absolute Gasteiger partial charge is 0.381 e. The van der Waals surface area contributed by atoms with E-state index in [-0.39, 0.29) is 5.78 Å². The molecule has 0 atom stereocenters. The van der Waals surface area contributed by atoms with Crippen molar-refractivity contribution in [3.05, 3.63) is 35.4 Å². The highest BCUT2D eigenvalue weighted by Gasteiger charge is 2.37. The van der Waals surface area contributed by atoms with E-state index in [2.05, 4.69) is 15.9 Å². The highest BCUT2D eigenvalue weighted by Crippen LogP contribution is 2.33. The van der Waals surface area contributed by atoms with E-state index in [0.29, 0.717) is 13.2 Å². The van der Waals surface area contributed by atoms with Crippen LogP contribution in [-0.2, 0) is 4.74 Å². The lowest BCUT2D eigenvalue weighted by molar-refractivity contribution is 0.0638. The Morgan fingerprint density at radius 3 is 2.38 bits per heavy atom. The number of benzene rings is 1. The molecule has 0 aromatic heterocycles. The Labute approximate surface area is 104 Å². The van der Waals surface area contributed by atoms with Gasteiger partial charge in [0.25, 0.3) is 0 Å². The van der Waals surface area contributed by atoms with Crippen molar-refractivity contribution in [1.29, 1.82) is 0 Å². The zero-order chi connectivity index (χ0) is 11.6. The lowest BCUT2D eigenvalue weighted by atomic mass is 9.90. The summed E-state index contributed by atoms with van der Waals surface area (Å²) in [6, 6.07) is 7.75. The van der Waals surface area contributed by atoms with E-state index < -0.39 is 4.32 Å².